The molecule has 1 fully saturated rings. The lowest BCUT2D eigenvalue weighted by atomic mass is 10.2. The summed E-state index contributed by atoms with van der Waals surface area (Å²) < 4.78 is 12.8. The molecule has 1 saturated carbocycles. The molecule has 0 atom stereocenters. The second kappa shape index (κ2) is 6.52. The maximum absolute atomic E-state index is 12.8. The quantitative estimate of drug-likeness (QED) is 0.602. The van der Waals surface area contributed by atoms with Crippen molar-refractivity contribution < 1.29 is 4.39 Å². The number of aliphatic imine (C=N–C) groups is 1. The lowest BCUT2D eigenvalue weighted by Crippen LogP contribution is -2.34. The monoisotopic (exact) mass is 264 g/mol. The van der Waals surface area contributed by atoms with E-state index in [1.165, 1.54) is 25.0 Å². The maximum atomic E-state index is 12.8. The Kier molecular flexibility index (Phi) is 4.74. The van der Waals surface area contributed by atoms with Crippen LogP contribution in [0.3, 0.4) is 0 Å². The van der Waals surface area contributed by atoms with Gasteiger partial charge in [0.25, 0.3) is 0 Å². The van der Waals surface area contributed by atoms with Gasteiger partial charge in [0, 0.05) is 19.1 Å². The molecule has 0 radical (unpaired) electrons. The average molecular weight is 264 g/mol. The number of hydrogen-bond donors (Lipinski definition) is 2. The molecule has 1 aliphatic rings. The SMILES string of the molecule is CN(CCN=C(N)NC1CC1)Cc1ccc(F)cc1. The highest BCUT2D eigenvalue weighted by molar-refractivity contribution is 5.78. The first-order valence-electron chi connectivity index (χ1n) is 6.63. The van der Waals surface area contributed by atoms with E-state index in [-0.39, 0.29) is 5.82 Å². The Morgan fingerprint density at radius 2 is 2.11 bits per heavy atom. The topological polar surface area (TPSA) is 53.6 Å². The highest BCUT2D eigenvalue weighted by atomic mass is 19.1. The van der Waals surface area contributed by atoms with E-state index in [1.807, 2.05) is 7.05 Å². The molecule has 0 unspecified atom stereocenters. The molecule has 1 aromatic carbocycles. The van der Waals surface area contributed by atoms with E-state index < -0.39 is 0 Å². The van der Waals surface area contributed by atoms with Crippen molar-refractivity contribution in [1.82, 2.24) is 10.2 Å². The van der Waals surface area contributed by atoms with Gasteiger partial charge in [0.1, 0.15) is 5.82 Å². The van der Waals surface area contributed by atoms with Crippen molar-refractivity contribution >= 4 is 5.96 Å². The molecule has 0 spiro atoms. The van der Waals surface area contributed by atoms with Gasteiger partial charge >= 0.3 is 0 Å². The van der Waals surface area contributed by atoms with Crippen LogP contribution in [0.5, 0.6) is 0 Å². The normalized spacial score (nSPS) is 15.8. The van der Waals surface area contributed by atoms with Crippen LogP contribution in [0.2, 0.25) is 0 Å². The van der Waals surface area contributed by atoms with Crippen LogP contribution in [0.4, 0.5) is 4.39 Å². The average Bonchev–Trinajstić information content (AvgIpc) is 3.16. The van der Waals surface area contributed by atoms with Gasteiger partial charge in [-0.1, -0.05) is 12.1 Å². The predicted molar refractivity (Wildman–Crippen MR) is 75.4 cm³/mol. The third kappa shape index (κ3) is 5.26. The third-order valence-electron chi connectivity index (χ3n) is 3.06. The zero-order valence-corrected chi connectivity index (χ0v) is 11.3. The maximum Gasteiger partial charge on any atom is 0.188 e. The zero-order chi connectivity index (χ0) is 13.7. The van der Waals surface area contributed by atoms with E-state index in [0.29, 0.717) is 18.5 Å². The molecule has 0 aromatic heterocycles. The molecule has 104 valence electrons. The number of nitrogens with one attached hydrogen (secondary N) is 1. The second-order valence-corrected chi connectivity index (χ2v) is 5.05. The molecule has 1 aliphatic carbocycles. The minimum absolute atomic E-state index is 0.199. The summed E-state index contributed by atoms with van der Waals surface area (Å²) in [6.45, 7) is 2.28. The smallest absolute Gasteiger partial charge is 0.188 e. The van der Waals surface area contributed by atoms with Gasteiger partial charge in [-0.2, -0.15) is 0 Å². The van der Waals surface area contributed by atoms with Gasteiger partial charge in [0.2, 0.25) is 0 Å². The van der Waals surface area contributed by atoms with Crippen molar-refractivity contribution in [1.29, 1.82) is 0 Å². The summed E-state index contributed by atoms with van der Waals surface area (Å²) in [5, 5.41) is 3.15. The van der Waals surface area contributed by atoms with Gasteiger partial charge < -0.3 is 16.0 Å². The summed E-state index contributed by atoms with van der Waals surface area (Å²) in [6, 6.07) is 7.12. The number of halogens is 1. The Morgan fingerprint density at radius 1 is 1.42 bits per heavy atom. The molecule has 4 nitrogen and oxygen atoms in total. The Hall–Kier alpha value is -1.62. The molecule has 0 saturated heterocycles. The molecule has 0 bridgehead atoms. The largest absolute Gasteiger partial charge is 0.370 e. The Labute approximate surface area is 113 Å². The van der Waals surface area contributed by atoms with Gasteiger partial charge in [-0.25, -0.2) is 4.39 Å². The van der Waals surface area contributed by atoms with Gasteiger partial charge in [-0.05, 0) is 37.6 Å². The summed E-state index contributed by atoms with van der Waals surface area (Å²) >= 11 is 0. The lowest BCUT2D eigenvalue weighted by Gasteiger charge is -2.15. The molecule has 0 amide bonds. The van der Waals surface area contributed by atoms with E-state index >= 15 is 0 Å². The molecule has 2 rings (SSSR count). The fourth-order valence-corrected chi connectivity index (χ4v) is 1.80. The fraction of sp³-hybridized carbons (Fsp3) is 0.500. The van der Waals surface area contributed by atoms with Crippen LogP contribution in [-0.4, -0.2) is 37.0 Å². The molecule has 5 heteroatoms. The standard InChI is InChI=1S/C14H21FN4/c1-19(10-11-2-4-12(15)5-3-11)9-8-17-14(16)18-13-6-7-13/h2-5,13H,6-10H2,1H3,(H3,16,17,18). The van der Waals surface area contributed by atoms with Gasteiger partial charge in [-0.15, -0.1) is 0 Å². The second-order valence-electron chi connectivity index (χ2n) is 5.05. The molecule has 3 N–H and O–H groups in total. The summed E-state index contributed by atoms with van der Waals surface area (Å²) in [7, 11) is 2.02. The molecular formula is C14H21FN4. The molecule has 0 aliphatic heterocycles. The number of nitrogens with two attached hydrogens (primary N) is 1. The number of benzene rings is 1. The van der Waals surface area contributed by atoms with Crippen molar-refractivity contribution in [2.24, 2.45) is 10.7 Å². The van der Waals surface area contributed by atoms with E-state index in [4.69, 9.17) is 5.73 Å². The summed E-state index contributed by atoms with van der Waals surface area (Å²) in [4.78, 5) is 6.42. The van der Waals surface area contributed by atoms with Crippen molar-refractivity contribution in [2.75, 3.05) is 20.1 Å². The van der Waals surface area contributed by atoms with Crippen LogP contribution >= 0.6 is 0 Å². The van der Waals surface area contributed by atoms with E-state index in [2.05, 4.69) is 15.2 Å². The van der Waals surface area contributed by atoms with Crippen molar-refractivity contribution in [3.63, 3.8) is 0 Å². The van der Waals surface area contributed by atoms with E-state index in [9.17, 15) is 4.39 Å². The minimum Gasteiger partial charge on any atom is -0.370 e. The summed E-state index contributed by atoms with van der Waals surface area (Å²) in [5.74, 6) is 0.340. The first-order chi connectivity index (χ1) is 9.13. The fourth-order valence-electron chi connectivity index (χ4n) is 1.80. The Bertz CT molecular complexity index is 426. The molecular weight excluding hydrogens is 243 g/mol. The minimum atomic E-state index is -0.199. The van der Waals surface area contributed by atoms with Gasteiger partial charge in [-0.3, -0.25) is 4.99 Å². The van der Waals surface area contributed by atoms with E-state index in [0.717, 1.165) is 18.7 Å². The lowest BCUT2D eigenvalue weighted by molar-refractivity contribution is 0.336. The molecule has 1 aromatic rings. The zero-order valence-electron chi connectivity index (χ0n) is 11.3. The highest BCUT2D eigenvalue weighted by Crippen LogP contribution is 2.17. The first kappa shape index (κ1) is 13.8. The van der Waals surface area contributed by atoms with Gasteiger partial charge in [0.15, 0.2) is 5.96 Å². The van der Waals surface area contributed by atoms with Crippen molar-refractivity contribution in [3.8, 4) is 0 Å². The Morgan fingerprint density at radius 3 is 2.74 bits per heavy atom. The number of likely N-dealkylation sites (N-methyl/N-ethyl adjacent to an activating group) is 1. The van der Waals surface area contributed by atoms with Crippen LogP contribution in [0.25, 0.3) is 0 Å². The molecule has 0 heterocycles. The molecule has 19 heavy (non-hydrogen) atoms. The summed E-state index contributed by atoms with van der Waals surface area (Å²) in [5.41, 5.74) is 6.84. The number of hydrogen-bond acceptors (Lipinski definition) is 2. The Balaban J connectivity index is 1.68. The van der Waals surface area contributed by atoms with Crippen LogP contribution in [0.1, 0.15) is 18.4 Å². The van der Waals surface area contributed by atoms with Crippen LogP contribution in [0, 0.1) is 5.82 Å². The van der Waals surface area contributed by atoms with Crippen LogP contribution in [-0.2, 0) is 6.54 Å². The van der Waals surface area contributed by atoms with Crippen molar-refractivity contribution in [2.45, 2.75) is 25.4 Å². The van der Waals surface area contributed by atoms with Gasteiger partial charge in [0.05, 0.1) is 6.54 Å². The third-order valence-corrected chi connectivity index (χ3v) is 3.06. The number of guanidine groups is 1. The first-order valence-corrected chi connectivity index (χ1v) is 6.63. The number of nitrogens with zero attached hydrogens (tertiary/aromatic N) is 2. The van der Waals surface area contributed by atoms with Crippen molar-refractivity contribution in [3.05, 3.63) is 35.6 Å². The van der Waals surface area contributed by atoms with Crippen LogP contribution in [0.15, 0.2) is 29.3 Å². The highest BCUT2D eigenvalue weighted by Gasteiger charge is 2.21. The summed E-state index contributed by atoms with van der Waals surface area (Å²) in [6.07, 6.45) is 2.39. The number of rotatable bonds is 6. The van der Waals surface area contributed by atoms with E-state index in [1.54, 1.807) is 12.1 Å². The predicted octanol–water partition coefficient (Wildman–Crippen LogP) is 1.32. The van der Waals surface area contributed by atoms with Crippen LogP contribution < -0.4 is 11.1 Å².